The number of carbonyl (C=O) groups excluding carboxylic acids is 3. The molecule has 1 heterocycles. The lowest BCUT2D eigenvalue weighted by atomic mass is 10.1. The van der Waals surface area contributed by atoms with Crippen molar-refractivity contribution < 1.29 is 45.5 Å². The van der Waals surface area contributed by atoms with E-state index in [0.717, 1.165) is 26.5 Å². The highest BCUT2D eigenvalue weighted by molar-refractivity contribution is 6.31. The van der Waals surface area contributed by atoms with Crippen LogP contribution in [0, 0.1) is 5.41 Å². The number of aromatic nitrogens is 1. The molecule has 0 aliphatic carbocycles. The molecule has 0 saturated carbocycles. The predicted molar refractivity (Wildman–Crippen MR) is 164 cm³/mol. The Hall–Kier alpha value is -4.89. The number of alkyl halides is 6. The molecule has 3 aromatic carbocycles. The molecule has 0 aliphatic heterocycles. The molecule has 0 bridgehead atoms. The van der Waals surface area contributed by atoms with E-state index in [1.807, 2.05) is 59.2 Å². The largest absolute Gasteiger partial charge is 0.491 e. The number of nitrogen functional groups attached to an aromatic ring is 1. The summed E-state index contributed by atoms with van der Waals surface area (Å²) in [6, 6.07) is 23.2. The first-order valence-corrected chi connectivity index (χ1v) is 13.9. The number of hydrogen-bond acceptors (Lipinski definition) is 5. The molecule has 9 nitrogen and oxygen atoms in total. The van der Waals surface area contributed by atoms with Gasteiger partial charge in [-0.1, -0.05) is 41.9 Å². The lowest BCUT2D eigenvalue weighted by molar-refractivity contribution is -0.221. The van der Waals surface area contributed by atoms with Crippen LogP contribution in [0.2, 0.25) is 5.02 Å². The summed E-state index contributed by atoms with van der Waals surface area (Å²) in [6.07, 6.45) is -11.2. The summed E-state index contributed by atoms with van der Waals surface area (Å²) in [5.41, 5.74) is 11.0. The van der Waals surface area contributed by atoms with Crippen molar-refractivity contribution in [3.63, 3.8) is 0 Å². The van der Waals surface area contributed by atoms with E-state index in [1.165, 1.54) is 5.69 Å². The molecular formula is C31H29ClF6N5O4+. The molecule has 4 N–H and O–H groups in total. The lowest BCUT2D eigenvalue weighted by Gasteiger charge is -2.23. The Morgan fingerprint density at radius 3 is 2.00 bits per heavy atom. The molecule has 0 atom stereocenters. The van der Waals surface area contributed by atoms with Gasteiger partial charge in [-0.05, 0) is 53.6 Å². The average Bonchev–Trinajstić information content (AvgIpc) is 3.32. The van der Waals surface area contributed by atoms with Crippen molar-refractivity contribution in [1.82, 2.24) is 14.4 Å². The molecule has 16 heteroatoms. The van der Waals surface area contributed by atoms with Crippen LogP contribution in [-0.2, 0) is 27.4 Å². The maximum atomic E-state index is 13.3. The van der Waals surface area contributed by atoms with Gasteiger partial charge in [0, 0.05) is 34.6 Å². The minimum Gasteiger partial charge on any atom is -0.384 e. The predicted octanol–water partition coefficient (Wildman–Crippen LogP) is 5.93. The molecule has 1 aromatic heterocycles. The normalized spacial score (nSPS) is 11.8. The van der Waals surface area contributed by atoms with E-state index < -0.39 is 24.3 Å². The summed E-state index contributed by atoms with van der Waals surface area (Å²) in [5, 5.41) is 12.3. The van der Waals surface area contributed by atoms with Crippen LogP contribution in [0.4, 0.5) is 32.0 Å². The molecule has 0 saturated heterocycles. The summed E-state index contributed by atoms with van der Waals surface area (Å²) in [4.78, 5) is 32.6. The number of amidine groups is 1. The van der Waals surface area contributed by atoms with Gasteiger partial charge in [-0.2, -0.15) is 26.3 Å². The van der Waals surface area contributed by atoms with Crippen LogP contribution in [0.3, 0.4) is 0 Å². The topological polar surface area (TPSA) is 127 Å². The van der Waals surface area contributed by atoms with Crippen molar-refractivity contribution in [3.05, 3.63) is 100 Å². The number of nitrogens with zero attached hydrogens (tertiary/aromatic N) is 2. The molecular weight excluding hydrogens is 656 g/mol. The van der Waals surface area contributed by atoms with E-state index in [9.17, 15) is 40.7 Å². The van der Waals surface area contributed by atoms with Gasteiger partial charge in [0.25, 0.3) is 5.91 Å². The third kappa shape index (κ3) is 10.0. The van der Waals surface area contributed by atoms with Crippen LogP contribution in [0.1, 0.15) is 27.2 Å². The van der Waals surface area contributed by atoms with Gasteiger partial charge in [0.1, 0.15) is 17.2 Å². The minimum atomic E-state index is -5.62. The van der Waals surface area contributed by atoms with Gasteiger partial charge in [0.05, 0.1) is 21.1 Å². The first-order valence-electron chi connectivity index (χ1n) is 13.5. The zero-order valence-corrected chi connectivity index (χ0v) is 25.8. The Kier molecular flexibility index (Phi) is 11.1. The third-order valence-corrected chi connectivity index (χ3v) is 6.72. The summed E-state index contributed by atoms with van der Waals surface area (Å²) in [5.74, 6) is -6.55. The van der Waals surface area contributed by atoms with Gasteiger partial charge < -0.3 is 20.4 Å². The average molecular weight is 685 g/mol. The van der Waals surface area contributed by atoms with Crippen LogP contribution in [0.5, 0.6) is 0 Å². The van der Waals surface area contributed by atoms with Crippen molar-refractivity contribution in [1.29, 1.82) is 5.41 Å². The van der Waals surface area contributed by atoms with Crippen LogP contribution in [-0.4, -0.2) is 61.7 Å². The van der Waals surface area contributed by atoms with Crippen molar-refractivity contribution in [3.8, 4) is 0 Å². The van der Waals surface area contributed by atoms with Crippen molar-refractivity contribution in [2.45, 2.75) is 25.4 Å². The maximum Gasteiger partial charge on any atom is 0.491 e. The Morgan fingerprint density at radius 2 is 1.47 bits per heavy atom. The molecule has 4 rings (SSSR count). The summed E-state index contributed by atoms with van der Waals surface area (Å²) < 4.78 is 72.4. The van der Waals surface area contributed by atoms with Gasteiger partial charge in [0.2, 0.25) is 0 Å². The zero-order valence-electron chi connectivity index (χ0n) is 25.1. The first kappa shape index (κ1) is 36.6. The molecule has 1 amide bonds. The summed E-state index contributed by atoms with van der Waals surface area (Å²) >= 11 is 6.21. The van der Waals surface area contributed by atoms with Gasteiger partial charge in [-0.3, -0.25) is 14.7 Å². The number of quaternary nitrogens is 1. The van der Waals surface area contributed by atoms with Gasteiger partial charge in [-0.15, -0.1) is 0 Å². The standard InChI is InChI=1S/C27H28ClN5O.C4F6O3/c1-33(2,3)23-10-7-18(8-11-23)16-31-27(34)25-15-21-14-22(28)9-12-24(21)32(25)17-19-5-4-6-20(13-19)26(29)30;5-3(6,7)1(11)13-2(12)4(8,9)10/h4-15H,16-17H2,1-3H3,(H3-,29,30,31,34);/p+1. The van der Waals surface area contributed by atoms with Crippen LogP contribution >= 0.6 is 11.6 Å². The lowest BCUT2D eigenvalue weighted by Crippen LogP contribution is -2.34. The molecule has 0 unspecified atom stereocenters. The number of nitrogens with one attached hydrogen (secondary N) is 2. The number of esters is 2. The Morgan fingerprint density at radius 1 is 0.872 bits per heavy atom. The fourth-order valence-electron chi connectivity index (χ4n) is 4.15. The number of rotatable bonds is 7. The molecule has 250 valence electrons. The highest BCUT2D eigenvalue weighted by Crippen LogP contribution is 2.26. The Balaban J connectivity index is 0.000000392. The van der Waals surface area contributed by atoms with Gasteiger partial charge in [-0.25, -0.2) is 9.59 Å². The molecule has 47 heavy (non-hydrogen) atoms. The summed E-state index contributed by atoms with van der Waals surface area (Å²) in [6.45, 7) is 0.894. The number of hydrogen-bond donors (Lipinski definition) is 3. The molecule has 0 spiro atoms. The minimum absolute atomic E-state index is 0.0141. The van der Waals surface area contributed by atoms with E-state index >= 15 is 0 Å². The SMILES string of the molecule is C[N+](C)(C)c1ccc(CNC(=O)c2cc3cc(Cl)ccc3n2Cc2cccc(C(=N)N)c2)cc1.O=C(OC(=O)C(F)(F)F)C(F)(F)F. The number of carbonyl (C=O) groups is 3. The molecule has 0 fully saturated rings. The summed E-state index contributed by atoms with van der Waals surface area (Å²) in [7, 11) is 6.36. The van der Waals surface area contributed by atoms with E-state index in [0.29, 0.717) is 29.4 Å². The van der Waals surface area contributed by atoms with Crippen molar-refractivity contribution >= 4 is 51.9 Å². The highest BCUT2D eigenvalue weighted by Gasteiger charge is 2.49. The maximum absolute atomic E-state index is 13.3. The van der Waals surface area contributed by atoms with E-state index in [4.69, 9.17) is 22.7 Å². The van der Waals surface area contributed by atoms with E-state index in [2.05, 4.69) is 43.3 Å². The van der Waals surface area contributed by atoms with Crippen LogP contribution < -0.4 is 15.5 Å². The second-order valence-corrected chi connectivity index (χ2v) is 11.4. The number of benzene rings is 3. The molecule has 4 aromatic rings. The third-order valence-electron chi connectivity index (χ3n) is 6.49. The fourth-order valence-corrected chi connectivity index (χ4v) is 4.33. The smallest absolute Gasteiger partial charge is 0.384 e. The number of ether oxygens (including phenoxy) is 1. The molecule has 0 aliphatic rings. The number of amides is 1. The van der Waals surface area contributed by atoms with E-state index in [1.54, 1.807) is 6.07 Å². The second kappa shape index (κ2) is 14.3. The second-order valence-electron chi connectivity index (χ2n) is 11.0. The number of halogens is 7. The first-order chi connectivity index (χ1) is 21.7. The van der Waals surface area contributed by atoms with Crippen LogP contribution in [0.25, 0.3) is 10.9 Å². The van der Waals surface area contributed by atoms with Crippen LogP contribution in [0.15, 0.2) is 72.8 Å². The van der Waals surface area contributed by atoms with E-state index in [-0.39, 0.29) is 11.7 Å². The van der Waals surface area contributed by atoms with Gasteiger partial charge >= 0.3 is 24.3 Å². The fraction of sp³-hybridized carbons (Fsp3) is 0.226. The van der Waals surface area contributed by atoms with Crippen molar-refractivity contribution in [2.75, 3.05) is 21.1 Å². The van der Waals surface area contributed by atoms with Gasteiger partial charge in [0.15, 0.2) is 0 Å². The number of nitrogens with two attached hydrogens (primary N) is 1. The zero-order chi connectivity index (χ0) is 35.3. The Labute approximate surface area is 269 Å². The van der Waals surface area contributed by atoms with Crippen molar-refractivity contribution in [2.24, 2.45) is 5.73 Å². The Bertz CT molecular complexity index is 1770. The highest BCUT2D eigenvalue weighted by atomic mass is 35.5. The monoisotopic (exact) mass is 684 g/mol. The molecule has 0 radical (unpaired) electrons. The number of fused-ring (bicyclic) bond motifs is 1. The quantitative estimate of drug-likeness (QED) is 0.0555.